The number of piperazine rings is 1. The minimum atomic E-state index is 0.432. The minimum Gasteiger partial charge on any atom is -0.492 e. The molecule has 1 saturated heterocycles. The van der Waals surface area contributed by atoms with Crippen LogP contribution in [0.5, 0.6) is 5.75 Å². The maximum atomic E-state index is 9.21. The second kappa shape index (κ2) is 12.2. The van der Waals surface area contributed by atoms with Gasteiger partial charge in [-0.05, 0) is 67.5 Å². The molecule has 0 saturated carbocycles. The lowest BCUT2D eigenvalue weighted by Crippen LogP contribution is -2.50. The van der Waals surface area contributed by atoms with E-state index in [-0.39, 0.29) is 0 Å². The van der Waals surface area contributed by atoms with Crippen molar-refractivity contribution in [2.24, 2.45) is 0 Å². The number of nitriles is 1. The molecular formula is C26H34BrN3O. The standard InChI is InChI=1S/C26H34BrN3O/c1-3-21(22-10-11-23(18-28)20(2)16-22)6-4-8-25(30-14-12-29-13-15-30)19-31-26-9-5-7-24(27)17-26/h5,7,9-11,16-17,21,25,29H,3-4,6,8,12-15,19H2,1-2H3. The van der Waals surface area contributed by atoms with Gasteiger partial charge in [-0.2, -0.15) is 5.26 Å². The van der Waals surface area contributed by atoms with Gasteiger partial charge in [0.05, 0.1) is 11.6 Å². The molecule has 2 unspecified atom stereocenters. The third-order valence-corrected chi connectivity index (χ3v) is 6.82. The van der Waals surface area contributed by atoms with Gasteiger partial charge in [-0.15, -0.1) is 0 Å². The van der Waals surface area contributed by atoms with Crippen LogP contribution >= 0.6 is 15.9 Å². The molecule has 1 aliphatic rings. The van der Waals surface area contributed by atoms with E-state index in [1.807, 2.05) is 37.3 Å². The van der Waals surface area contributed by atoms with Gasteiger partial charge in [0.1, 0.15) is 12.4 Å². The number of halogens is 1. The van der Waals surface area contributed by atoms with Gasteiger partial charge in [0.15, 0.2) is 0 Å². The molecule has 0 amide bonds. The number of nitrogens with zero attached hydrogens (tertiary/aromatic N) is 2. The fourth-order valence-electron chi connectivity index (χ4n) is 4.44. The quantitative estimate of drug-likeness (QED) is 0.474. The van der Waals surface area contributed by atoms with Crippen LogP contribution in [0, 0.1) is 18.3 Å². The molecule has 1 fully saturated rings. The van der Waals surface area contributed by atoms with E-state index in [4.69, 9.17) is 4.74 Å². The van der Waals surface area contributed by atoms with E-state index in [1.165, 1.54) is 18.4 Å². The number of ether oxygens (including phenoxy) is 1. The van der Waals surface area contributed by atoms with E-state index in [0.29, 0.717) is 12.0 Å². The highest BCUT2D eigenvalue weighted by atomic mass is 79.9. The first-order valence-corrected chi connectivity index (χ1v) is 12.2. The average Bonchev–Trinajstić information content (AvgIpc) is 2.79. The summed E-state index contributed by atoms with van der Waals surface area (Å²) in [4.78, 5) is 2.58. The summed E-state index contributed by atoms with van der Waals surface area (Å²) in [5, 5.41) is 12.7. The van der Waals surface area contributed by atoms with E-state index < -0.39 is 0 Å². The Morgan fingerprint density at radius 3 is 2.65 bits per heavy atom. The molecule has 1 N–H and O–H groups in total. The zero-order valence-electron chi connectivity index (χ0n) is 18.7. The highest BCUT2D eigenvalue weighted by molar-refractivity contribution is 9.10. The predicted octanol–water partition coefficient (Wildman–Crippen LogP) is 5.65. The van der Waals surface area contributed by atoms with Gasteiger partial charge in [-0.25, -0.2) is 0 Å². The number of benzene rings is 2. The average molecular weight is 484 g/mol. The Labute approximate surface area is 195 Å². The number of rotatable bonds is 10. The van der Waals surface area contributed by atoms with E-state index in [1.54, 1.807) is 0 Å². The van der Waals surface area contributed by atoms with Crippen LogP contribution < -0.4 is 10.1 Å². The summed E-state index contributed by atoms with van der Waals surface area (Å²) in [6.45, 7) is 9.29. The van der Waals surface area contributed by atoms with Gasteiger partial charge in [-0.1, -0.05) is 47.5 Å². The molecule has 2 aromatic carbocycles. The second-order valence-electron chi connectivity index (χ2n) is 8.43. The van der Waals surface area contributed by atoms with Gasteiger partial charge < -0.3 is 10.1 Å². The summed E-state index contributed by atoms with van der Waals surface area (Å²) < 4.78 is 7.24. The van der Waals surface area contributed by atoms with Crippen LogP contribution in [0.15, 0.2) is 46.9 Å². The highest BCUT2D eigenvalue weighted by Gasteiger charge is 2.22. The van der Waals surface area contributed by atoms with Crippen molar-refractivity contribution in [3.63, 3.8) is 0 Å². The molecule has 1 heterocycles. The lowest BCUT2D eigenvalue weighted by atomic mass is 9.88. The van der Waals surface area contributed by atoms with Gasteiger partial charge in [0.2, 0.25) is 0 Å². The first-order valence-electron chi connectivity index (χ1n) is 11.4. The topological polar surface area (TPSA) is 48.3 Å². The molecule has 166 valence electrons. The Hall–Kier alpha value is -1.87. The minimum absolute atomic E-state index is 0.432. The number of hydrogen-bond donors (Lipinski definition) is 1. The normalized spacial score (nSPS) is 16.5. The first kappa shape index (κ1) is 23.8. The summed E-state index contributed by atoms with van der Waals surface area (Å²) >= 11 is 3.53. The summed E-state index contributed by atoms with van der Waals surface area (Å²) in [6, 6.07) is 17.1. The van der Waals surface area contributed by atoms with Crippen molar-refractivity contribution in [2.75, 3.05) is 32.8 Å². The van der Waals surface area contributed by atoms with Crippen LogP contribution in [0.2, 0.25) is 0 Å². The van der Waals surface area contributed by atoms with E-state index in [9.17, 15) is 5.26 Å². The highest BCUT2D eigenvalue weighted by Crippen LogP contribution is 2.28. The van der Waals surface area contributed by atoms with E-state index in [0.717, 1.165) is 67.0 Å². The van der Waals surface area contributed by atoms with Crippen LogP contribution in [-0.2, 0) is 0 Å². The third-order valence-electron chi connectivity index (χ3n) is 6.33. The lowest BCUT2D eigenvalue weighted by Gasteiger charge is -2.35. The SMILES string of the molecule is CCC(CCCC(COc1cccc(Br)c1)N1CCNCC1)c1ccc(C#N)c(C)c1. The maximum absolute atomic E-state index is 9.21. The van der Waals surface area contributed by atoms with Crippen molar-refractivity contribution in [3.8, 4) is 11.8 Å². The van der Waals surface area contributed by atoms with Crippen molar-refractivity contribution in [1.82, 2.24) is 10.2 Å². The van der Waals surface area contributed by atoms with Crippen LogP contribution in [0.25, 0.3) is 0 Å². The fraction of sp³-hybridized carbons (Fsp3) is 0.500. The van der Waals surface area contributed by atoms with Gasteiger partial charge >= 0.3 is 0 Å². The lowest BCUT2D eigenvalue weighted by molar-refractivity contribution is 0.112. The summed E-state index contributed by atoms with van der Waals surface area (Å²) in [7, 11) is 0. The van der Waals surface area contributed by atoms with Crippen LogP contribution in [-0.4, -0.2) is 43.7 Å². The Kier molecular flexibility index (Phi) is 9.39. The molecule has 31 heavy (non-hydrogen) atoms. The van der Waals surface area contributed by atoms with Crippen molar-refractivity contribution in [3.05, 3.63) is 63.6 Å². The molecule has 0 radical (unpaired) electrons. The van der Waals surface area contributed by atoms with Crippen molar-refractivity contribution in [2.45, 2.75) is 51.5 Å². The predicted molar refractivity (Wildman–Crippen MR) is 131 cm³/mol. The molecule has 5 heteroatoms. The van der Waals surface area contributed by atoms with E-state index in [2.05, 4.69) is 51.3 Å². The molecule has 0 spiro atoms. The fourth-order valence-corrected chi connectivity index (χ4v) is 4.82. The zero-order chi connectivity index (χ0) is 22.1. The van der Waals surface area contributed by atoms with Crippen molar-refractivity contribution < 1.29 is 4.74 Å². The Morgan fingerprint density at radius 1 is 1.16 bits per heavy atom. The van der Waals surface area contributed by atoms with Gasteiger partial charge in [0.25, 0.3) is 0 Å². The molecule has 4 nitrogen and oxygen atoms in total. The number of nitrogens with one attached hydrogen (secondary N) is 1. The first-order chi connectivity index (χ1) is 15.1. The van der Waals surface area contributed by atoms with Crippen LogP contribution in [0.4, 0.5) is 0 Å². The Balaban J connectivity index is 1.59. The summed E-state index contributed by atoms with van der Waals surface area (Å²) in [5.74, 6) is 1.47. The summed E-state index contributed by atoms with van der Waals surface area (Å²) in [5.41, 5.74) is 3.23. The molecule has 1 aliphatic heterocycles. The molecule has 0 bridgehead atoms. The van der Waals surface area contributed by atoms with Crippen molar-refractivity contribution in [1.29, 1.82) is 5.26 Å². The molecule has 3 rings (SSSR count). The molecule has 2 atom stereocenters. The molecule has 0 aliphatic carbocycles. The second-order valence-corrected chi connectivity index (χ2v) is 9.35. The molecular weight excluding hydrogens is 450 g/mol. The molecule has 2 aromatic rings. The van der Waals surface area contributed by atoms with Gasteiger partial charge in [-0.3, -0.25) is 4.90 Å². The number of hydrogen-bond acceptors (Lipinski definition) is 4. The smallest absolute Gasteiger partial charge is 0.120 e. The maximum Gasteiger partial charge on any atom is 0.120 e. The van der Waals surface area contributed by atoms with E-state index >= 15 is 0 Å². The van der Waals surface area contributed by atoms with Gasteiger partial charge in [0, 0.05) is 36.7 Å². The number of aryl methyl sites for hydroxylation is 1. The van der Waals surface area contributed by atoms with Crippen LogP contribution in [0.3, 0.4) is 0 Å². The molecule has 0 aromatic heterocycles. The van der Waals surface area contributed by atoms with Crippen LogP contribution in [0.1, 0.15) is 55.2 Å². The summed E-state index contributed by atoms with van der Waals surface area (Å²) in [6.07, 6.45) is 4.60. The zero-order valence-corrected chi connectivity index (χ0v) is 20.3. The largest absolute Gasteiger partial charge is 0.492 e. The third kappa shape index (κ3) is 7.07. The monoisotopic (exact) mass is 483 g/mol. The van der Waals surface area contributed by atoms with Crippen molar-refractivity contribution >= 4 is 15.9 Å². The Morgan fingerprint density at radius 2 is 1.97 bits per heavy atom. The Bertz CT molecular complexity index is 873.